The summed E-state index contributed by atoms with van der Waals surface area (Å²) >= 11 is 0. The Morgan fingerprint density at radius 1 is 1.50 bits per heavy atom. The van der Waals surface area contributed by atoms with Crippen LogP contribution in [0.2, 0.25) is 0 Å². The molecule has 14 heavy (non-hydrogen) atoms. The lowest BCUT2D eigenvalue weighted by Crippen LogP contribution is -2.05. The third-order valence-electron chi connectivity index (χ3n) is 1.29. The van der Waals surface area contributed by atoms with Crippen molar-refractivity contribution < 1.29 is 33.8 Å². The van der Waals surface area contributed by atoms with Gasteiger partial charge in [-0.15, -0.1) is 0 Å². The van der Waals surface area contributed by atoms with E-state index in [1.165, 1.54) is 0 Å². The van der Waals surface area contributed by atoms with E-state index in [0.717, 1.165) is 5.94 Å². The molecular formula is C6H9O7P. The number of carboxylic acids is 1. The molecule has 0 aliphatic carbocycles. The Hall–Kier alpha value is -0.970. The lowest BCUT2D eigenvalue weighted by Gasteiger charge is -2.08. The molecule has 8 heteroatoms. The minimum atomic E-state index is -4.01. The molecule has 1 atom stereocenters. The highest BCUT2D eigenvalue weighted by Gasteiger charge is 2.21. The number of hydrogen-bond donors (Lipinski definition) is 3. The lowest BCUT2D eigenvalue weighted by molar-refractivity contribution is -0.132. The topological polar surface area (TPSA) is 121 Å². The molecule has 3 N–H and O–H groups in total. The monoisotopic (exact) mass is 224 g/mol. The van der Waals surface area contributed by atoms with Crippen LogP contribution in [-0.4, -0.2) is 40.0 Å². The Labute approximate surface area is 79.2 Å². The second-order valence-corrected chi connectivity index (χ2v) is 4.24. The predicted molar refractivity (Wildman–Crippen MR) is 44.3 cm³/mol. The van der Waals surface area contributed by atoms with E-state index < -0.39 is 38.5 Å². The number of rotatable bonds is 6. The van der Waals surface area contributed by atoms with E-state index in [1.807, 2.05) is 0 Å². The first-order valence-electron chi connectivity index (χ1n) is 3.47. The van der Waals surface area contributed by atoms with Gasteiger partial charge in [-0.3, -0.25) is 9.09 Å². The Morgan fingerprint density at radius 3 is 2.43 bits per heavy atom. The number of hydrogen-bond acceptors (Lipinski definition) is 5. The highest BCUT2D eigenvalue weighted by Crippen LogP contribution is 2.42. The zero-order chi connectivity index (χ0) is 11.2. The molecule has 0 radical (unpaired) electrons. The summed E-state index contributed by atoms with van der Waals surface area (Å²) in [5.74, 6) is -0.363. The molecule has 80 valence electrons. The van der Waals surface area contributed by atoms with E-state index >= 15 is 0 Å². The van der Waals surface area contributed by atoms with Gasteiger partial charge in [0.25, 0.3) is 0 Å². The van der Waals surface area contributed by atoms with Crippen LogP contribution in [0.4, 0.5) is 0 Å². The summed E-state index contributed by atoms with van der Waals surface area (Å²) in [4.78, 5) is 29.1. The van der Waals surface area contributed by atoms with Crippen molar-refractivity contribution in [1.29, 1.82) is 0 Å². The second kappa shape index (κ2) is 5.70. The van der Waals surface area contributed by atoms with Crippen LogP contribution in [0, 0.1) is 0 Å². The Morgan fingerprint density at radius 2 is 2.07 bits per heavy atom. The minimum absolute atomic E-state index is 0.438. The fourth-order valence-corrected chi connectivity index (χ4v) is 1.43. The van der Waals surface area contributed by atoms with E-state index in [0.29, 0.717) is 0 Å². The first kappa shape index (κ1) is 13.0. The molecule has 1 unspecified atom stereocenters. The van der Waals surface area contributed by atoms with Crippen molar-refractivity contribution in [1.82, 2.24) is 0 Å². The average molecular weight is 224 g/mol. The van der Waals surface area contributed by atoms with Crippen LogP contribution in [0.5, 0.6) is 0 Å². The van der Waals surface area contributed by atoms with Gasteiger partial charge in [-0.1, -0.05) is 0 Å². The standard InChI is InChI=1S/C6H9O7P/c7-3-5(6(9)10)1-2-14(11,12)13-4-8/h8H,1-2,4H2,(H,9,10)(H,11,12). The highest BCUT2D eigenvalue weighted by atomic mass is 31.2. The van der Waals surface area contributed by atoms with E-state index in [-0.39, 0.29) is 0 Å². The number of carbonyl (C=O) groups excluding carboxylic acids is 1. The van der Waals surface area contributed by atoms with Crippen molar-refractivity contribution in [3.63, 3.8) is 0 Å². The first-order valence-corrected chi connectivity index (χ1v) is 5.23. The van der Waals surface area contributed by atoms with E-state index in [9.17, 15) is 14.2 Å². The summed E-state index contributed by atoms with van der Waals surface area (Å²) in [6, 6.07) is 0. The van der Waals surface area contributed by atoms with Crippen LogP contribution in [-0.2, 0) is 18.7 Å². The summed E-state index contributed by atoms with van der Waals surface area (Å²) in [6.07, 6.45) is -0.989. The van der Waals surface area contributed by atoms with Gasteiger partial charge in [0.1, 0.15) is 11.5 Å². The summed E-state index contributed by atoms with van der Waals surface area (Å²) in [7, 11) is -4.01. The number of aliphatic hydroxyl groups is 1. The van der Waals surface area contributed by atoms with E-state index in [2.05, 4.69) is 4.52 Å². The Kier molecular flexibility index (Phi) is 5.30. The van der Waals surface area contributed by atoms with Crippen molar-refractivity contribution in [3.05, 3.63) is 5.57 Å². The second-order valence-electron chi connectivity index (χ2n) is 2.26. The largest absolute Gasteiger partial charge is 0.477 e. The molecule has 0 aromatic heterocycles. The lowest BCUT2D eigenvalue weighted by atomic mass is 10.2. The van der Waals surface area contributed by atoms with Crippen molar-refractivity contribution >= 4 is 19.5 Å². The van der Waals surface area contributed by atoms with Gasteiger partial charge in [0.15, 0.2) is 6.79 Å². The molecule has 0 bridgehead atoms. The molecule has 0 fully saturated rings. The van der Waals surface area contributed by atoms with Crippen molar-refractivity contribution in [3.8, 4) is 0 Å². The van der Waals surface area contributed by atoms with Gasteiger partial charge in [0.2, 0.25) is 0 Å². The number of aliphatic hydroxyl groups excluding tert-OH is 1. The van der Waals surface area contributed by atoms with Crippen molar-refractivity contribution in [2.75, 3.05) is 13.0 Å². The van der Waals surface area contributed by atoms with E-state index in [1.54, 1.807) is 0 Å². The molecule has 0 saturated heterocycles. The summed E-state index contributed by atoms with van der Waals surface area (Å²) < 4.78 is 14.9. The Bertz CT molecular complexity index is 303. The van der Waals surface area contributed by atoms with Gasteiger partial charge in [-0.25, -0.2) is 9.59 Å². The number of carboxylic acid groups (broad SMARTS) is 1. The van der Waals surface area contributed by atoms with Crippen LogP contribution in [0.1, 0.15) is 6.42 Å². The van der Waals surface area contributed by atoms with Gasteiger partial charge < -0.3 is 15.1 Å². The predicted octanol–water partition coefficient (Wildman–Crippen LogP) is -0.629. The number of carbonyl (C=O) groups is 1. The minimum Gasteiger partial charge on any atom is -0.477 e. The maximum atomic E-state index is 10.9. The first-order chi connectivity index (χ1) is 6.43. The molecule has 0 saturated carbocycles. The van der Waals surface area contributed by atoms with E-state index in [4.69, 9.17) is 15.1 Å². The molecule has 0 aromatic rings. The molecule has 0 heterocycles. The summed E-state index contributed by atoms with van der Waals surface area (Å²) in [6.45, 7) is -0.943. The van der Waals surface area contributed by atoms with Crippen LogP contribution in [0.15, 0.2) is 5.57 Å². The fourth-order valence-electron chi connectivity index (χ4n) is 0.609. The van der Waals surface area contributed by atoms with Crippen LogP contribution < -0.4 is 0 Å². The highest BCUT2D eigenvalue weighted by molar-refractivity contribution is 7.52. The van der Waals surface area contributed by atoms with Crippen molar-refractivity contribution in [2.45, 2.75) is 6.42 Å². The van der Waals surface area contributed by atoms with Gasteiger partial charge >= 0.3 is 13.6 Å². The molecule has 0 aromatic carbocycles. The fraction of sp³-hybridized carbons (Fsp3) is 0.500. The van der Waals surface area contributed by atoms with Crippen LogP contribution in [0.3, 0.4) is 0 Å². The zero-order valence-corrected chi connectivity index (χ0v) is 7.94. The molecule has 0 rings (SSSR count). The molecule has 7 nitrogen and oxygen atoms in total. The number of aliphatic carboxylic acids is 1. The van der Waals surface area contributed by atoms with Crippen LogP contribution in [0.25, 0.3) is 0 Å². The quantitative estimate of drug-likeness (QED) is 0.237. The summed E-state index contributed by atoms with van der Waals surface area (Å²) in [5, 5.41) is 16.5. The van der Waals surface area contributed by atoms with Gasteiger partial charge in [-0.05, 0) is 0 Å². The normalized spacial score (nSPS) is 14.1. The molecular weight excluding hydrogens is 215 g/mol. The zero-order valence-electron chi connectivity index (χ0n) is 7.04. The SMILES string of the molecule is O=C=C(CCP(=O)(O)OCO)C(=O)O. The van der Waals surface area contributed by atoms with Crippen LogP contribution >= 0.6 is 7.60 Å². The maximum Gasteiger partial charge on any atom is 0.342 e. The molecule has 0 aliphatic rings. The molecule has 0 aliphatic heterocycles. The third-order valence-corrected chi connectivity index (χ3v) is 2.59. The molecule has 0 spiro atoms. The van der Waals surface area contributed by atoms with Gasteiger partial charge in [-0.2, -0.15) is 0 Å². The maximum absolute atomic E-state index is 10.9. The Balaban J connectivity index is 4.24. The van der Waals surface area contributed by atoms with Gasteiger partial charge in [0.05, 0.1) is 6.16 Å². The smallest absolute Gasteiger partial charge is 0.342 e. The molecule has 0 amide bonds. The average Bonchev–Trinajstić information content (AvgIpc) is 2.04. The van der Waals surface area contributed by atoms with Gasteiger partial charge in [0, 0.05) is 6.42 Å². The third kappa shape index (κ3) is 4.91. The van der Waals surface area contributed by atoms with Crippen molar-refractivity contribution in [2.24, 2.45) is 0 Å². The summed E-state index contributed by atoms with van der Waals surface area (Å²) in [5.41, 5.74) is -0.638.